The lowest BCUT2D eigenvalue weighted by Crippen LogP contribution is -2.51. The molecular weight excluding hydrogens is 414 g/mol. The van der Waals surface area contributed by atoms with Crippen molar-refractivity contribution in [1.29, 1.82) is 0 Å². The highest BCUT2D eigenvalue weighted by Gasteiger charge is 2.44. The van der Waals surface area contributed by atoms with E-state index >= 15 is 0 Å². The van der Waals surface area contributed by atoms with Crippen LogP contribution >= 0.6 is 0 Å². The van der Waals surface area contributed by atoms with Crippen LogP contribution in [-0.2, 0) is 4.79 Å². The number of fused-ring (bicyclic) bond motifs is 2. The van der Waals surface area contributed by atoms with Crippen molar-refractivity contribution in [3.05, 3.63) is 77.7 Å². The number of benzene rings is 1. The van der Waals surface area contributed by atoms with Crippen molar-refractivity contribution < 1.29 is 9.59 Å². The number of likely N-dealkylation sites (N-methyl/N-ethyl adjacent to an activating group) is 1. The molecule has 0 bridgehead atoms. The Morgan fingerprint density at radius 1 is 1.00 bits per heavy atom. The molecule has 2 amide bonds. The third-order valence-corrected chi connectivity index (χ3v) is 6.74. The molecule has 0 N–H and O–H groups in total. The molecule has 2 unspecified atom stereocenters. The van der Waals surface area contributed by atoms with E-state index in [0.717, 1.165) is 35.3 Å². The van der Waals surface area contributed by atoms with Crippen molar-refractivity contribution in [2.45, 2.75) is 45.3 Å². The zero-order valence-corrected chi connectivity index (χ0v) is 18.0. The molecule has 168 valence electrons. The summed E-state index contributed by atoms with van der Waals surface area (Å²) in [6, 6.07) is 13.4. The lowest BCUT2D eigenvalue weighted by Gasteiger charge is -2.40. The van der Waals surface area contributed by atoms with Gasteiger partial charge in [-0.25, -0.2) is 4.98 Å². The van der Waals surface area contributed by atoms with E-state index in [1.165, 1.54) is 0 Å². The molecule has 1 aromatic carbocycles. The highest BCUT2D eigenvalue weighted by Crippen LogP contribution is 2.46. The van der Waals surface area contributed by atoms with Gasteiger partial charge in [-0.2, -0.15) is 0 Å². The summed E-state index contributed by atoms with van der Waals surface area (Å²) in [5, 5.41) is 0. The van der Waals surface area contributed by atoms with Gasteiger partial charge in [0.1, 0.15) is 11.9 Å². The molecule has 0 radical (unpaired) electrons. The fraction of sp³-hybridized carbons (Fsp3) is 0.308. The number of hydrogen-bond acceptors (Lipinski definition) is 5. The normalized spacial score (nSPS) is 21.6. The van der Waals surface area contributed by atoms with Gasteiger partial charge in [0.15, 0.2) is 0 Å². The molecule has 3 aliphatic rings. The second kappa shape index (κ2) is 7.69. The zero-order chi connectivity index (χ0) is 22.0. The van der Waals surface area contributed by atoms with Crippen molar-refractivity contribution in [2.24, 2.45) is 0 Å². The van der Waals surface area contributed by atoms with Gasteiger partial charge in [-0.15, -0.1) is 0 Å². The number of carbonyl (C=O) groups excluding carboxylic acids is 2. The molecule has 1 saturated carbocycles. The van der Waals surface area contributed by atoms with E-state index in [0.29, 0.717) is 17.4 Å². The van der Waals surface area contributed by atoms with Crippen LogP contribution < -0.4 is 14.7 Å². The first kappa shape index (κ1) is 21.1. The number of carbonyl (C=O) groups is 2. The van der Waals surface area contributed by atoms with Gasteiger partial charge in [0.05, 0.1) is 23.6 Å². The SMILES string of the molecule is C.CC1C(=O)N(C)c2cnc(N3C(=O)c4ccccc4C3c3cccnc3)cc2N1C1CC1. The number of hydrogen-bond donors (Lipinski definition) is 0. The maximum atomic E-state index is 13.5. The zero-order valence-electron chi connectivity index (χ0n) is 18.0. The van der Waals surface area contributed by atoms with E-state index in [2.05, 4.69) is 14.9 Å². The molecule has 2 aromatic heterocycles. The van der Waals surface area contributed by atoms with Crippen molar-refractivity contribution in [2.75, 3.05) is 21.7 Å². The molecule has 6 rings (SSSR count). The summed E-state index contributed by atoms with van der Waals surface area (Å²) in [4.78, 5) is 40.9. The molecule has 4 heterocycles. The summed E-state index contributed by atoms with van der Waals surface area (Å²) >= 11 is 0. The number of aromatic nitrogens is 2. The van der Waals surface area contributed by atoms with Crippen LogP contribution in [0.4, 0.5) is 17.2 Å². The Bertz CT molecular complexity index is 1240. The Morgan fingerprint density at radius 2 is 1.79 bits per heavy atom. The van der Waals surface area contributed by atoms with E-state index in [1.54, 1.807) is 35.4 Å². The van der Waals surface area contributed by atoms with Crippen LogP contribution in [0.15, 0.2) is 61.1 Å². The molecule has 2 aliphatic heterocycles. The monoisotopic (exact) mass is 441 g/mol. The van der Waals surface area contributed by atoms with E-state index < -0.39 is 0 Å². The first-order valence-electron chi connectivity index (χ1n) is 10.9. The van der Waals surface area contributed by atoms with Crippen LogP contribution in [0.1, 0.15) is 54.7 Å². The van der Waals surface area contributed by atoms with Crippen LogP contribution in [0.2, 0.25) is 0 Å². The van der Waals surface area contributed by atoms with Crippen LogP contribution in [0, 0.1) is 0 Å². The molecule has 0 spiro atoms. The Kier molecular flexibility index (Phi) is 4.92. The highest BCUT2D eigenvalue weighted by molar-refractivity contribution is 6.12. The Balaban J connectivity index is 0.00000228. The summed E-state index contributed by atoms with van der Waals surface area (Å²) < 4.78 is 0. The summed E-state index contributed by atoms with van der Waals surface area (Å²) in [5.41, 5.74) is 4.31. The minimum Gasteiger partial charge on any atom is -0.355 e. The van der Waals surface area contributed by atoms with Crippen LogP contribution in [-0.4, -0.2) is 40.9 Å². The van der Waals surface area contributed by atoms with Crippen LogP contribution in [0.25, 0.3) is 0 Å². The van der Waals surface area contributed by atoms with Crippen LogP contribution in [0.3, 0.4) is 0 Å². The molecule has 1 aliphatic carbocycles. The summed E-state index contributed by atoms with van der Waals surface area (Å²) in [5.74, 6) is 0.574. The third kappa shape index (κ3) is 3.10. The van der Waals surface area contributed by atoms with Crippen molar-refractivity contribution in [3.63, 3.8) is 0 Å². The van der Waals surface area contributed by atoms with Gasteiger partial charge in [0, 0.05) is 37.1 Å². The maximum absolute atomic E-state index is 13.5. The van der Waals surface area contributed by atoms with Crippen molar-refractivity contribution in [1.82, 2.24) is 9.97 Å². The lowest BCUT2D eigenvalue weighted by molar-refractivity contribution is -0.119. The van der Waals surface area contributed by atoms with Gasteiger partial charge in [0.2, 0.25) is 5.91 Å². The molecule has 1 fully saturated rings. The number of amides is 2. The predicted molar refractivity (Wildman–Crippen MR) is 129 cm³/mol. The minimum absolute atomic E-state index is 0. The molecule has 7 heteroatoms. The fourth-order valence-corrected chi connectivity index (χ4v) is 5.04. The Labute approximate surface area is 193 Å². The molecule has 3 aromatic rings. The summed E-state index contributed by atoms with van der Waals surface area (Å²) in [6.45, 7) is 1.95. The number of nitrogens with zero attached hydrogens (tertiary/aromatic N) is 5. The van der Waals surface area contributed by atoms with Gasteiger partial charge in [-0.05, 0) is 43.0 Å². The van der Waals surface area contributed by atoms with Gasteiger partial charge in [0.25, 0.3) is 5.91 Å². The molecular formula is C26H27N5O2. The number of pyridine rings is 2. The molecule has 7 nitrogen and oxygen atoms in total. The average Bonchev–Trinajstić information content (AvgIpc) is 3.61. The van der Waals surface area contributed by atoms with Gasteiger partial charge < -0.3 is 9.80 Å². The lowest BCUT2D eigenvalue weighted by atomic mass is 9.99. The number of rotatable bonds is 3. The van der Waals surface area contributed by atoms with Gasteiger partial charge in [-0.3, -0.25) is 19.5 Å². The minimum atomic E-state index is -0.298. The van der Waals surface area contributed by atoms with Crippen molar-refractivity contribution in [3.8, 4) is 0 Å². The summed E-state index contributed by atoms with van der Waals surface area (Å²) in [6.07, 6.45) is 7.40. The highest BCUT2D eigenvalue weighted by atomic mass is 16.2. The molecule has 2 atom stereocenters. The predicted octanol–water partition coefficient (Wildman–Crippen LogP) is 4.20. The van der Waals surface area contributed by atoms with Gasteiger partial charge >= 0.3 is 0 Å². The average molecular weight is 442 g/mol. The topological polar surface area (TPSA) is 69.6 Å². The van der Waals surface area contributed by atoms with E-state index in [4.69, 9.17) is 0 Å². The van der Waals surface area contributed by atoms with Gasteiger partial charge in [-0.1, -0.05) is 31.7 Å². The largest absolute Gasteiger partial charge is 0.355 e. The summed E-state index contributed by atoms with van der Waals surface area (Å²) in [7, 11) is 1.79. The Morgan fingerprint density at radius 3 is 2.52 bits per heavy atom. The second-order valence-electron chi connectivity index (χ2n) is 8.69. The second-order valence-corrected chi connectivity index (χ2v) is 8.69. The standard InChI is InChI=1S/C25H23N5O2.CH4/c1-15-24(31)28(2)21-14-27-22(12-20(21)29(15)17-9-10-17)30-23(16-6-5-11-26-13-16)18-7-3-4-8-19(18)25(30)32;/h3-8,11-15,17,23H,9-10H2,1-2H3;1H4. The van der Waals surface area contributed by atoms with E-state index in [1.807, 2.05) is 49.4 Å². The molecule has 33 heavy (non-hydrogen) atoms. The number of anilines is 3. The smallest absolute Gasteiger partial charge is 0.260 e. The Hall–Kier alpha value is -3.74. The maximum Gasteiger partial charge on any atom is 0.260 e. The first-order valence-corrected chi connectivity index (χ1v) is 10.9. The van der Waals surface area contributed by atoms with Crippen LogP contribution in [0.5, 0.6) is 0 Å². The van der Waals surface area contributed by atoms with E-state index in [-0.39, 0.29) is 31.3 Å². The molecule has 0 saturated heterocycles. The van der Waals surface area contributed by atoms with Crippen molar-refractivity contribution >= 4 is 29.0 Å². The van der Waals surface area contributed by atoms with E-state index in [9.17, 15) is 9.59 Å². The first-order chi connectivity index (χ1) is 15.6. The third-order valence-electron chi connectivity index (χ3n) is 6.74. The quantitative estimate of drug-likeness (QED) is 0.609. The fourth-order valence-electron chi connectivity index (χ4n) is 5.04.